The molecule has 2 N–H and O–H groups in total. The molecule has 0 radical (unpaired) electrons. The Bertz CT molecular complexity index is 201. The molecule has 4 nitrogen and oxygen atoms in total. The van der Waals surface area contributed by atoms with E-state index in [-0.39, 0.29) is 11.8 Å². The van der Waals surface area contributed by atoms with Crippen LogP contribution in [0.15, 0.2) is 0 Å². The van der Waals surface area contributed by atoms with Crippen molar-refractivity contribution in [2.24, 2.45) is 11.8 Å². The fourth-order valence-electron chi connectivity index (χ4n) is 1.29. The van der Waals surface area contributed by atoms with E-state index in [1.807, 2.05) is 27.7 Å². The van der Waals surface area contributed by atoms with Gasteiger partial charge in [0.2, 0.25) is 11.8 Å². The first-order chi connectivity index (χ1) is 7.41. The molecule has 94 valence electrons. The second-order valence-electron chi connectivity index (χ2n) is 4.90. The Morgan fingerprint density at radius 1 is 0.812 bits per heavy atom. The normalized spacial score (nSPS) is 10.6. The van der Waals surface area contributed by atoms with Crippen LogP contribution >= 0.6 is 0 Å². The van der Waals surface area contributed by atoms with Gasteiger partial charge in [0.05, 0.1) is 0 Å². The summed E-state index contributed by atoms with van der Waals surface area (Å²) in [5.41, 5.74) is 0. The topological polar surface area (TPSA) is 58.2 Å². The Kier molecular flexibility index (Phi) is 7.60. The lowest BCUT2D eigenvalue weighted by molar-refractivity contribution is -0.123. The number of nitrogens with one attached hydrogen (secondary N) is 2. The average molecular weight is 228 g/mol. The standard InChI is InChI=1S/C12H24N2O2/c1-9(2)7-11(15)13-5-6-14-12(16)8-10(3)4/h9-10H,5-8H2,1-4H3,(H,13,15)(H,14,16). The lowest BCUT2D eigenvalue weighted by atomic mass is 10.1. The Hall–Kier alpha value is -1.06. The smallest absolute Gasteiger partial charge is 0.220 e. The molecule has 4 heteroatoms. The molecule has 0 atom stereocenters. The van der Waals surface area contributed by atoms with E-state index in [4.69, 9.17) is 0 Å². The van der Waals surface area contributed by atoms with Crippen molar-refractivity contribution in [3.63, 3.8) is 0 Å². The minimum atomic E-state index is 0.0492. The minimum Gasteiger partial charge on any atom is -0.354 e. The van der Waals surface area contributed by atoms with Crippen molar-refractivity contribution in [3.05, 3.63) is 0 Å². The van der Waals surface area contributed by atoms with E-state index in [0.29, 0.717) is 37.8 Å². The minimum absolute atomic E-state index is 0.0492. The predicted octanol–water partition coefficient (Wildman–Crippen LogP) is 1.31. The summed E-state index contributed by atoms with van der Waals surface area (Å²) < 4.78 is 0. The summed E-state index contributed by atoms with van der Waals surface area (Å²) in [6.45, 7) is 9.03. The molecular formula is C12H24N2O2. The largest absolute Gasteiger partial charge is 0.354 e. The van der Waals surface area contributed by atoms with Gasteiger partial charge in [0.1, 0.15) is 0 Å². The van der Waals surface area contributed by atoms with E-state index < -0.39 is 0 Å². The van der Waals surface area contributed by atoms with E-state index in [1.165, 1.54) is 0 Å². The Morgan fingerprint density at radius 3 is 1.38 bits per heavy atom. The summed E-state index contributed by atoms with van der Waals surface area (Å²) >= 11 is 0. The molecule has 16 heavy (non-hydrogen) atoms. The second-order valence-corrected chi connectivity index (χ2v) is 4.90. The van der Waals surface area contributed by atoms with Crippen molar-refractivity contribution in [1.82, 2.24) is 10.6 Å². The molecule has 0 aliphatic rings. The van der Waals surface area contributed by atoms with Crippen LogP contribution in [-0.4, -0.2) is 24.9 Å². The third kappa shape index (κ3) is 9.49. The van der Waals surface area contributed by atoms with Gasteiger partial charge in [-0.3, -0.25) is 9.59 Å². The summed E-state index contributed by atoms with van der Waals surface area (Å²) in [6, 6.07) is 0. The highest BCUT2D eigenvalue weighted by Gasteiger charge is 2.05. The molecule has 0 aromatic carbocycles. The van der Waals surface area contributed by atoms with Crippen LogP contribution < -0.4 is 10.6 Å². The lowest BCUT2D eigenvalue weighted by Crippen LogP contribution is -2.35. The molecule has 0 heterocycles. The van der Waals surface area contributed by atoms with Crippen LogP contribution in [-0.2, 0) is 9.59 Å². The summed E-state index contributed by atoms with van der Waals surface area (Å²) in [7, 11) is 0. The van der Waals surface area contributed by atoms with Crippen molar-refractivity contribution < 1.29 is 9.59 Å². The number of rotatable bonds is 7. The maximum atomic E-state index is 11.3. The van der Waals surface area contributed by atoms with Gasteiger partial charge in [-0.05, 0) is 11.8 Å². The third-order valence-corrected chi connectivity index (χ3v) is 1.96. The Labute approximate surface area is 98.2 Å². The van der Waals surface area contributed by atoms with E-state index in [2.05, 4.69) is 10.6 Å². The Balaban J connectivity index is 3.46. The van der Waals surface area contributed by atoms with Crippen LogP contribution in [0.25, 0.3) is 0 Å². The number of carbonyl (C=O) groups is 2. The summed E-state index contributed by atoms with van der Waals surface area (Å²) in [6.07, 6.45) is 1.08. The molecular weight excluding hydrogens is 204 g/mol. The molecule has 0 aromatic heterocycles. The quantitative estimate of drug-likeness (QED) is 0.645. The predicted molar refractivity (Wildman–Crippen MR) is 64.9 cm³/mol. The fraction of sp³-hybridized carbons (Fsp3) is 0.833. The molecule has 0 aromatic rings. The van der Waals surface area contributed by atoms with Crippen molar-refractivity contribution in [1.29, 1.82) is 0 Å². The van der Waals surface area contributed by atoms with Gasteiger partial charge in [0.25, 0.3) is 0 Å². The first kappa shape index (κ1) is 14.9. The van der Waals surface area contributed by atoms with Crippen molar-refractivity contribution in [2.45, 2.75) is 40.5 Å². The van der Waals surface area contributed by atoms with Gasteiger partial charge in [0.15, 0.2) is 0 Å². The van der Waals surface area contributed by atoms with E-state index >= 15 is 0 Å². The van der Waals surface area contributed by atoms with Gasteiger partial charge in [-0.2, -0.15) is 0 Å². The molecule has 0 saturated heterocycles. The van der Waals surface area contributed by atoms with Crippen LogP contribution in [0.5, 0.6) is 0 Å². The highest BCUT2D eigenvalue weighted by Crippen LogP contribution is 1.98. The van der Waals surface area contributed by atoms with E-state index in [0.717, 1.165) is 0 Å². The number of carbonyl (C=O) groups excluding carboxylic acids is 2. The van der Waals surface area contributed by atoms with E-state index in [9.17, 15) is 9.59 Å². The average Bonchev–Trinajstić information content (AvgIpc) is 2.10. The zero-order valence-corrected chi connectivity index (χ0v) is 10.8. The van der Waals surface area contributed by atoms with Crippen molar-refractivity contribution in [2.75, 3.05) is 13.1 Å². The van der Waals surface area contributed by atoms with Crippen LogP contribution in [0, 0.1) is 11.8 Å². The first-order valence-electron chi connectivity index (χ1n) is 5.95. The van der Waals surface area contributed by atoms with Gasteiger partial charge in [-0.1, -0.05) is 27.7 Å². The van der Waals surface area contributed by atoms with Crippen molar-refractivity contribution >= 4 is 11.8 Å². The summed E-state index contributed by atoms with van der Waals surface area (Å²) in [4.78, 5) is 22.5. The summed E-state index contributed by atoms with van der Waals surface area (Å²) in [5.74, 6) is 0.840. The Morgan fingerprint density at radius 2 is 1.12 bits per heavy atom. The highest BCUT2D eigenvalue weighted by atomic mass is 16.2. The second kappa shape index (κ2) is 8.13. The highest BCUT2D eigenvalue weighted by molar-refractivity contribution is 5.77. The molecule has 2 amide bonds. The van der Waals surface area contributed by atoms with Crippen molar-refractivity contribution in [3.8, 4) is 0 Å². The maximum absolute atomic E-state index is 11.3. The SMILES string of the molecule is CC(C)CC(=O)NCCNC(=O)CC(C)C. The van der Waals surface area contributed by atoms with Crippen LogP contribution in [0.3, 0.4) is 0 Å². The van der Waals surface area contributed by atoms with Crippen LogP contribution in [0.1, 0.15) is 40.5 Å². The van der Waals surface area contributed by atoms with Crippen LogP contribution in [0.4, 0.5) is 0 Å². The fourth-order valence-corrected chi connectivity index (χ4v) is 1.29. The molecule has 0 rings (SSSR count). The van der Waals surface area contributed by atoms with Crippen LogP contribution in [0.2, 0.25) is 0 Å². The number of amides is 2. The molecule has 0 saturated carbocycles. The number of hydrogen-bond acceptors (Lipinski definition) is 2. The number of hydrogen-bond donors (Lipinski definition) is 2. The first-order valence-corrected chi connectivity index (χ1v) is 5.95. The molecule has 0 unspecified atom stereocenters. The zero-order chi connectivity index (χ0) is 12.6. The molecule has 0 spiro atoms. The van der Waals surface area contributed by atoms with Gasteiger partial charge >= 0.3 is 0 Å². The van der Waals surface area contributed by atoms with Gasteiger partial charge < -0.3 is 10.6 Å². The molecule has 0 fully saturated rings. The maximum Gasteiger partial charge on any atom is 0.220 e. The van der Waals surface area contributed by atoms with Gasteiger partial charge in [-0.15, -0.1) is 0 Å². The summed E-state index contributed by atoms with van der Waals surface area (Å²) in [5, 5.41) is 5.54. The van der Waals surface area contributed by atoms with Gasteiger partial charge in [0, 0.05) is 25.9 Å². The monoisotopic (exact) mass is 228 g/mol. The molecule has 0 bridgehead atoms. The molecule has 0 aliphatic carbocycles. The van der Waals surface area contributed by atoms with Gasteiger partial charge in [-0.25, -0.2) is 0 Å². The molecule has 0 aliphatic heterocycles. The van der Waals surface area contributed by atoms with E-state index in [1.54, 1.807) is 0 Å². The lowest BCUT2D eigenvalue weighted by Gasteiger charge is -2.09. The zero-order valence-electron chi connectivity index (χ0n) is 10.8. The third-order valence-electron chi connectivity index (χ3n) is 1.96.